The molecule has 0 bridgehead atoms. The third-order valence-corrected chi connectivity index (χ3v) is 4.97. The van der Waals surface area contributed by atoms with E-state index in [1.54, 1.807) is 32.0 Å². The van der Waals surface area contributed by atoms with Gasteiger partial charge in [-0.1, -0.05) is 18.2 Å². The van der Waals surface area contributed by atoms with Gasteiger partial charge < -0.3 is 24.6 Å². The van der Waals surface area contributed by atoms with Gasteiger partial charge in [-0.15, -0.1) is 0 Å². The van der Waals surface area contributed by atoms with Crippen LogP contribution in [0, 0.1) is 5.82 Å². The monoisotopic (exact) mass is 381 g/mol. The van der Waals surface area contributed by atoms with Gasteiger partial charge in [0.1, 0.15) is 11.9 Å². The predicted octanol–water partition coefficient (Wildman–Crippen LogP) is 2.28. The fourth-order valence-corrected chi connectivity index (χ4v) is 3.80. The minimum absolute atomic E-state index is 0.0562. The maximum atomic E-state index is 14.0. The fraction of sp³-hybridized carbons (Fsp3) is 0.650. The van der Waals surface area contributed by atoms with Gasteiger partial charge in [0, 0.05) is 24.4 Å². The van der Waals surface area contributed by atoms with E-state index >= 15 is 0 Å². The van der Waals surface area contributed by atoms with Crippen molar-refractivity contribution < 1.29 is 28.5 Å². The van der Waals surface area contributed by atoms with Crippen molar-refractivity contribution in [2.45, 2.75) is 82.9 Å². The molecular weight excluding hydrogens is 353 g/mol. The normalized spacial score (nSPS) is 32.3. The van der Waals surface area contributed by atoms with Crippen LogP contribution in [0.4, 0.5) is 4.39 Å². The van der Waals surface area contributed by atoms with Crippen molar-refractivity contribution in [2.75, 3.05) is 0 Å². The largest absolute Gasteiger partial charge is 0.390 e. The maximum Gasteiger partial charge on any atom is 0.252 e. The molecule has 0 unspecified atom stereocenters. The number of hydrogen-bond donors (Lipinski definition) is 2. The van der Waals surface area contributed by atoms with Crippen molar-refractivity contribution in [1.29, 1.82) is 0 Å². The average Bonchev–Trinajstić information content (AvgIpc) is 2.88. The van der Waals surface area contributed by atoms with Gasteiger partial charge in [-0.3, -0.25) is 4.79 Å². The van der Waals surface area contributed by atoms with Gasteiger partial charge in [-0.25, -0.2) is 4.39 Å². The summed E-state index contributed by atoms with van der Waals surface area (Å²) in [7, 11) is 0. The minimum Gasteiger partial charge on any atom is -0.390 e. The lowest BCUT2D eigenvalue weighted by Crippen LogP contribution is -2.60. The van der Waals surface area contributed by atoms with Crippen molar-refractivity contribution in [3.8, 4) is 0 Å². The summed E-state index contributed by atoms with van der Waals surface area (Å²) in [6, 6.07) is 6.18. The van der Waals surface area contributed by atoms with Crippen LogP contribution in [0.3, 0.4) is 0 Å². The van der Waals surface area contributed by atoms with E-state index in [4.69, 9.17) is 14.2 Å². The highest BCUT2D eigenvalue weighted by atomic mass is 19.1. The van der Waals surface area contributed by atoms with Gasteiger partial charge in [0.15, 0.2) is 11.4 Å². The highest BCUT2D eigenvalue weighted by molar-refractivity contribution is 5.85. The quantitative estimate of drug-likeness (QED) is 0.818. The van der Waals surface area contributed by atoms with Crippen LogP contribution in [-0.2, 0) is 25.6 Å². The first kappa shape index (κ1) is 20.2. The van der Waals surface area contributed by atoms with Gasteiger partial charge in [0.05, 0.1) is 18.8 Å². The van der Waals surface area contributed by atoms with E-state index in [1.807, 2.05) is 13.8 Å². The number of aliphatic hydroxyl groups is 1. The van der Waals surface area contributed by atoms with E-state index in [0.717, 1.165) is 0 Å². The molecule has 1 amide bonds. The molecule has 7 heteroatoms. The van der Waals surface area contributed by atoms with Crippen LogP contribution in [0.2, 0.25) is 0 Å². The van der Waals surface area contributed by atoms with Crippen molar-refractivity contribution in [2.24, 2.45) is 0 Å². The molecule has 1 aromatic rings. The summed E-state index contributed by atoms with van der Waals surface area (Å²) in [5.41, 5.74) is -0.966. The highest BCUT2D eigenvalue weighted by Gasteiger charge is 2.57. The molecule has 1 aliphatic heterocycles. The van der Waals surface area contributed by atoms with E-state index in [2.05, 4.69) is 5.32 Å². The molecule has 150 valence electrons. The highest BCUT2D eigenvalue weighted by Crippen LogP contribution is 2.43. The standard InChI is InChI=1S/C20H28FNO5/c1-12(2)22-18(24)20(25-11-13-7-5-6-8-14(13)21)9-15(23)17-16(10-20)26-19(3,4)27-17/h5-8,12,15-17,23H,9-11H2,1-4H3,(H,22,24)/t15-,16-,17+,20-/m1/s1. The van der Waals surface area contributed by atoms with Gasteiger partial charge in [-0.05, 0) is 33.8 Å². The molecule has 4 atom stereocenters. The Labute approximate surface area is 159 Å². The van der Waals surface area contributed by atoms with E-state index in [9.17, 15) is 14.3 Å². The molecule has 2 N–H and O–H groups in total. The lowest BCUT2D eigenvalue weighted by Gasteiger charge is -2.42. The lowest BCUT2D eigenvalue weighted by molar-refractivity contribution is -0.175. The molecule has 3 rings (SSSR count). The third-order valence-electron chi connectivity index (χ3n) is 4.97. The second kappa shape index (κ2) is 7.47. The maximum absolute atomic E-state index is 14.0. The Morgan fingerprint density at radius 3 is 2.70 bits per heavy atom. The molecule has 6 nitrogen and oxygen atoms in total. The zero-order chi connectivity index (χ0) is 19.8. The van der Waals surface area contributed by atoms with Crippen LogP contribution < -0.4 is 5.32 Å². The summed E-state index contributed by atoms with van der Waals surface area (Å²) >= 11 is 0. The minimum atomic E-state index is -1.32. The van der Waals surface area contributed by atoms with Crippen LogP contribution in [0.1, 0.15) is 46.1 Å². The summed E-state index contributed by atoms with van der Waals surface area (Å²) in [5, 5.41) is 13.5. The Morgan fingerprint density at radius 2 is 2.04 bits per heavy atom. The number of benzene rings is 1. The van der Waals surface area contributed by atoms with Crippen molar-refractivity contribution in [3.63, 3.8) is 0 Å². The Kier molecular flexibility index (Phi) is 5.59. The Morgan fingerprint density at radius 1 is 1.33 bits per heavy atom. The molecule has 1 saturated heterocycles. The first-order valence-electron chi connectivity index (χ1n) is 9.34. The number of aliphatic hydroxyl groups excluding tert-OH is 1. The van der Waals surface area contributed by atoms with Gasteiger partial charge >= 0.3 is 0 Å². The summed E-state index contributed by atoms with van der Waals surface area (Å²) in [5.74, 6) is -1.57. The third kappa shape index (κ3) is 4.32. The zero-order valence-electron chi connectivity index (χ0n) is 16.2. The predicted molar refractivity (Wildman–Crippen MR) is 96.3 cm³/mol. The van der Waals surface area contributed by atoms with Crippen LogP contribution in [-0.4, -0.2) is 46.8 Å². The number of halogens is 1. The van der Waals surface area contributed by atoms with Crippen LogP contribution >= 0.6 is 0 Å². The SMILES string of the molecule is CC(C)NC(=O)[C@@]1(OCc2ccccc2F)C[C@@H](O)[C@@H]2OC(C)(C)O[C@@H]2C1. The first-order valence-corrected chi connectivity index (χ1v) is 9.34. The molecule has 1 aromatic carbocycles. The number of ether oxygens (including phenoxy) is 3. The summed E-state index contributed by atoms with van der Waals surface area (Å²) < 4.78 is 31.7. The van der Waals surface area contributed by atoms with E-state index < -0.39 is 35.5 Å². The number of carbonyl (C=O) groups excluding carboxylic acids is 1. The fourth-order valence-electron chi connectivity index (χ4n) is 3.80. The second-order valence-electron chi connectivity index (χ2n) is 8.12. The van der Waals surface area contributed by atoms with E-state index in [1.165, 1.54) is 6.07 Å². The van der Waals surface area contributed by atoms with Gasteiger partial charge in [-0.2, -0.15) is 0 Å². The molecule has 27 heavy (non-hydrogen) atoms. The molecule has 1 aliphatic carbocycles. The molecule has 0 radical (unpaired) electrons. The molecule has 2 fully saturated rings. The van der Waals surface area contributed by atoms with Crippen LogP contribution in [0.15, 0.2) is 24.3 Å². The Bertz CT molecular complexity index is 695. The summed E-state index contributed by atoms with van der Waals surface area (Å²) in [6.07, 6.45) is -1.64. The summed E-state index contributed by atoms with van der Waals surface area (Å²) in [4.78, 5) is 13.0. The lowest BCUT2D eigenvalue weighted by atomic mass is 9.78. The number of rotatable bonds is 5. The zero-order valence-corrected chi connectivity index (χ0v) is 16.2. The number of amides is 1. The first-order chi connectivity index (χ1) is 12.6. The average molecular weight is 381 g/mol. The smallest absolute Gasteiger partial charge is 0.252 e. The van der Waals surface area contributed by atoms with Gasteiger partial charge in [0.25, 0.3) is 5.91 Å². The van der Waals surface area contributed by atoms with Crippen molar-refractivity contribution in [3.05, 3.63) is 35.6 Å². The molecule has 0 aromatic heterocycles. The number of nitrogens with one attached hydrogen (secondary N) is 1. The molecule has 1 saturated carbocycles. The molecular formula is C20H28FNO5. The Hall–Kier alpha value is -1.54. The molecule has 1 heterocycles. The topological polar surface area (TPSA) is 77.0 Å². The van der Waals surface area contributed by atoms with E-state index in [0.29, 0.717) is 5.56 Å². The van der Waals surface area contributed by atoms with Crippen molar-refractivity contribution in [1.82, 2.24) is 5.32 Å². The van der Waals surface area contributed by atoms with Crippen LogP contribution in [0.5, 0.6) is 0 Å². The van der Waals surface area contributed by atoms with Crippen molar-refractivity contribution >= 4 is 5.91 Å². The number of hydrogen-bond acceptors (Lipinski definition) is 5. The molecule has 2 aliphatic rings. The Balaban J connectivity index is 1.85. The van der Waals surface area contributed by atoms with E-state index in [-0.39, 0.29) is 31.4 Å². The number of carbonyl (C=O) groups is 1. The number of fused-ring (bicyclic) bond motifs is 1. The summed E-state index contributed by atoms with van der Waals surface area (Å²) in [6.45, 7) is 7.17. The van der Waals surface area contributed by atoms with Crippen LogP contribution in [0.25, 0.3) is 0 Å². The molecule has 0 spiro atoms. The second-order valence-corrected chi connectivity index (χ2v) is 8.12. The van der Waals surface area contributed by atoms with Gasteiger partial charge in [0.2, 0.25) is 0 Å².